The molecule has 104 valence electrons. The number of ether oxygens (including phenoxy) is 1. The normalized spacial score (nSPS) is 11.9. The summed E-state index contributed by atoms with van der Waals surface area (Å²) in [6, 6.07) is 1.60. The van der Waals surface area contributed by atoms with Crippen molar-refractivity contribution in [2.75, 3.05) is 20.3 Å². The van der Waals surface area contributed by atoms with E-state index in [1.807, 2.05) is 0 Å². The van der Waals surface area contributed by atoms with Crippen LogP contribution in [0.2, 0.25) is 0 Å². The third-order valence-corrected chi connectivity index (χ3v) is 5.11. The van der Waals surface area contributed by atoms with Gasteiger partial charge < -0.3 is 10.5 Å². The quantitative estimate of drug-likeness (QED) is 0.672. The van der Waals surface area contributed by atoms with Crippen LogP contribution < -0.4 is 10.5 Å². The standard InChI is InChI=1S/C11H20N2O3S2/c1-16-7-4-2-3-6-13-18(14,15)11-5-8-17-10(11)9-12/h5,8,13H,2-4,6-7,9,12H2,1H3. The lowest BCUT2D eigenvalue weighted by molar-refractivity contribution is 0.192. The molecule has 0 aliphatic carbocycles. The zero-order chi connectivity index (χ0) is 13.4. The summed E-state index contributed by atoms with van der Waals surface area (Å²) in [4.78, 5) is 1.01. The summed E-state index contributed by atoms with van der Waals surface area (Å²) in [5.74, 6) is 0. The van der Waals surface area contributed by atoms with Gasteiger partial charge in [-0.15, -0.1) is 11.3 Å². The van der Waals surface area contributed by atoms with Gasteiger partial charge in [-0.2, -0.15) is 0 Å². The molecule has 0 amide bonds. The Bertz CT molecular complexity index is 443. The summed E-state index contributed by atoms with van der Waals surface area (Å²) in [6.45, 7) is 1.42. The van der Waals surface area contributed by atoms with Crippen molar-refractivity contribution in [3.05, 3.63) is 16.3 Å². The fourth-order valence-electron chi connectivity index (χ4n) is 1.55. The number of rotatable bonds is 9. The van der Waals surface area contributed by atoms with Crippen molar-refractivity contribution >= 4 is 21.4 Å². The van der Waals surface area contributed by atoms with E-state index in [-0.39, 0.29) is 6.54 Å². The Morgan fingerprint density at radius 1 is 1.39 bits per heavy atom. The molecule has 7 heteroatoms. The van der Waals surface area contributed by atoms with Gasteiger partial charge in [0.1, 0.15) is 0 Å². The molecule has 0 aliphatic rings. The summed E-state index contributed by atoms with van der Waals surface area (Å²) in [7, 11) is -1.74. The third kappa shape index (κ3) is 4.66. The minimum Gasteiger partial charge on any atom is -0.385 e. The van der Waals surface area contributed by atoms with Crippen LogP contribution in [0.3, 0.4) is 0 Å². The highest BCUT2D eigenvalue weighted by molar-refractivity contribution is 7.89. The molecule has 0 radical (unpaired) electrons. The molecule has 0 aromatic carbocycles. The van der Waals surface area contributed by atoms with Crippen LogP contribution in [-0.2, 0) is 21.3 Å². The van der Waals surface area contributed by atoms with E-state index in [1.165, 1.54) is 11.3 Å². The van der Waals surface area contributed by atoms with Crippen LogP contribution in [0, 0.1) is 0 Å². The van der Waals surface area contributed by atoms with E-state index in [1.54, 1.807) is 18.6 Å². The number of hydrogen-bond acceptors (Lipinski definition) is 5. The monoisotopic (exact) mass is 292 g/mol. The summed E-state index contributed by atoms with van der Waals surface area (Å²) in [6.07, 6.45) is 2.71. The maximum atomic E-state index is 12.0. The Hall–Kier alpha value is -0.470. The van der Waals surface area contributed by atoms with E-state index in [0.29, 0.717) is 22.9 Å². The molecule has 18 heavy (non-hydrogen) atoms. The number of methoxy groups -OCH3 is 1. The summed E-state index contributed by atoms with van der Waals surface area (Å²) >= 11 is 1.37. The minimum absolute atomic E-state index is 0.252. The van der Waals surface area contributed by atoms with E-state index in [4.69, 9.17) is 10.5 Å². The SMILES string of the molecule is COCCCCCNS(=O)(=O)c1ccsc1CN. The Kier molecular flexibility index (Phi) is 6.80. The second kappa shape index (κ2) is 7.85. The van der Waals surface area contributed by atoms with Crippen LogP contribution in [0.15, 0.2) is 16.3 Å². The van der Waals surface area contributed by atoms with Crippen molar-refractivity contribution in [1.29, 1.82) is 0 Å². The average molecular weight is 292 g/mol. The predicted octanol–water partition coefficient (Wildman–Crippen LogP) is 1.30. The first-order valence-corrected chi connectivity index (χ1v) is 8.23. The number of nitrogens with two attached hydrogens (primary N) is 1. The first-order valence-electron chi connectivity index (χ1n) is 5.87. The minimum atomic E-state index is -3.40. The highest BCUT2D eigenvalue weighted by Crippen LogP contribution is 2.20. The number of nitrogens with one attached hydrogen (secondary N) is 1. The van der Waals surface area contributed by atoms with Gasteiger partial charge in [0.2, 0.25) is 10.0 Å². The van der Waals surface area contributed by atoms with E-state index >= 15 is 0 Å². The number of hydrogen-bond donors (Lipinski definition) is 2. The van der Waals surface area contributed by atoms with Crippen LogP contribution in [0.5, 0.6) is 0 Å². The molecule has 0 saturated carbocycles. The number of sulfonamides is 1. The van der Waals surface area contributed by atoms with Crippen molar-refractivity contribution in [3.8, 4) is 0 Å². The summed E-state index contributed by atoms with van der Waals surface area (Å²) < 4.78 is 31.5. The molecular weight excluding hydrogens is 272 g/mol. The molecule has 1 aromatic heterocycles. The molecule has 0 atom stereocenters. The molecule has 3 N–H and O–H groups in total. The second-order valence-corrected chi connectivity index (χ2v) is 6.60. The largest absolute Gasteiger partial charge is 0.385 e. The molecule has 0 saturated heterocycles. The molecule has 0 fully saturated rings. The van der Waals surface area contributed by atoms with Gasteiger partial charge in [-0.3, -0.25) is 0 Å². The van der Waals surface area contributed by atoms with Gasteiger partial charge in [0.15, 0.2) is 0 Å². The molecule has 1 rings (SSSR count). The fraction of sp³-hybridized carbons (Fsp3) is 0.636. The number of thiophene rings is 1. The lowest BCUT2D eigenvalue weighted by Gasteiger charge is -2.06. The van der Waals surface area contributed by atoms with E-state index in [9.17, 15) is 8.42 Å². The summed E-state index contributed by atoms with van der Waals surface area (Å²) in [5.41, 5.74) is 5.51. The van der Waals surface area contributed by atoms with E-state index in [2.05, 4.69) is 4.72 Å². The second-order valence-electron chi connectivity index (χ2n) is 3.86. The van der Waals surface area contributed by atoms with Crippen molar-refractivity contribution in [3.63, 3.8) is 0 Å². The van der Waals surface area contributed by atoms with Gasteiger partial charge in [0.25, 0.3) is 0 Å². The molecule has 1 heterocycles. The molecule has 0 spiro atoms. The lowest BCUT2D eigenvalue weighted by Crippen LogP contribution is -2.25. The maximum absolute atomic E-state index is 12.0. The Balaban J connectivity index is 2.41. The van der Waals surface area contributed by atoms with Gasteiger partial charge in [0.05, 0.1) is 4.90 Å². The van der Waals surface area contributed by atoms with E-state index in [0.717, 1.165) is 19.3 Å². The fourth-order valence-corrected chi connectivity index (χ4v) is 3.96. The third-order valence-electron chi connectivity index (χ3n) is 2.50. The van der Waals surface area contributed by atoms with Gasteiger partial charge in [-0.25, -0.2) is 13.1 Å². The Morgan fingerprint density at radius 3 is 2.83 bits per heavy atom. The molecule has 0 bridgehead atoms. The lowest BCUT2D eigenvalue weighted by atomic mass is 10.2. The maximum Gasteiger partial charge on any atom is 0.241 e. The predicted molar refractivity (Wildman–Crippen MR) is 73.1 cm³/mol. The average Bonchev–Trinajstić information content (AvgIpc) is 2.82. The van der Waals surface area contributed by atoms with Gasteiger partial charge >= 0.3 is 0 Å². The molecule has 5 nitrogen and oxygen atoms in total. The van der Waals surface area contributed by atoms with Crippen molar-refractivity contribution in [2.45, 2.75) is 30.7 Å². The topological polar surface area (TPSA) is 81.4 Å². The van der Waals surface area contributed by atoms with Crippen molar-refractivity contribution in [1.82, 2.24) is 4.72 Å². The van der Waals surface area contributed by atoms with Crippen LogP contribution in [0.1, 0.15) is 24.1 Å². The van der Waals surface area contributed by atoms with Crippen LogP contribution >= 0.6 is 11.3 Å². The van der Waals surface area contributed by atoms with Gasteiger partial charge in [-0.1, -0.05) is 0 Å². The number of unbranched alkanes of at least 4 members (excludes halogenated alkanes) is 2. The molecule has 0 unspecified atom stereocenters. The van der Waals surface area contributed by atoms with Crippen LogP contribution in [-0.4, -0.2) is 28.7 Å². The molecule has 1 aromatic rings. The van der Waals surface area contributed by atoms with E-state index < -0.39 is 10.0 Å². The highest BCUT2D eigenvalue weighted by atomic mass is 32.2. The summed E-state index contributed by atoms with van der Waals surface area (Å²) in [5, 5.41) is 1.75. The smallest absolute Gasteiger partial charge is 0.241 e. The zero-order valence-corrected chi connectivity index (χ0v) is 12.1. The van der Waals surface area contributed by atoms with Crippen LogP contribution in [0.25, 0.3) is 0 Å². The van der Waals surface area contributed by atoms with Crippen molar-refractivity contribution in [2.24, 2.45) is 5.73 Å². The van der Waals surface area contributed by atoms with Crippen LogP contribution in [0.4, 0.5) is 0 Å². The van der Waals surface area contributed by atoms with Gasteiger partial charge in [-0.05, 0) is 30.7 Å². The van der Waals surface area contributed by atoms with Crippen molar-refractivity contribution < 1.29 is 13.2 Å². The zero-order valence-electron chi connectivity index (χ0n) is 10.5. The Labute approximate surface area is 112 Å². The first-order chi connectivity index (χ1) is 8.61. The highest BCUT2D eigenvalue weighted by Gasteiger charge is 2.18. The Morgan fingerprint density at radius 2 is 2.17 bits per heavy atom. The molecule has 0 aliphatic heterocycles. The van der Waals surface area contributed by atoms with Gasteiger partial charge in [0, 0.05) is 31.7 Å². The first kappa shape index (κ1) is 15.6. The molecular formula is C11H20N2O3S2.